The number of hydrogen-bond acceptors (Lipinski definition) is 5. The molecule has 3 heterocycles. The number of fused-ring (bicyclic) bond motifs is 1. The summed E-state index contributed by atoms with van der Waals surface area (Å²) in [4.78, 5) is 23.0. The molecular weight excluding hydrogens is 314 g/mol. The van der Waals surface area contributed by atoms with Crippen LogP contribution in [0.5, 0.6) is 0 Å². The van der Waals surface area contributed by atoms with Crippen LogP contribution in [-0.2, 0) is 0 Å². The maximum Gasteiger partial charge on any atom is 0.277 e. The van der Waals surface area contributed by atoms with Crippen LogP contribution >= 0.6 is 34.3 Å². The number of rotatable bonds is 2. The van der Waals surface area contributed by atoms with Gasteiger partial charge >= 0.3 is 0 Å². The largest absolute Gasteiger partial charge is 0.277 e. The molecule has 3 aromatic heterocycles. The lowest BCUT2D eigenvalue weighted by Gasteiger charge is -2.02. The van der Waals surface area contributed by atoms with E-state index in [4.69, 9.17) is 11.6 Å². The van der Waals surface area contributed by atoms with Crippen molar-refractivity contribution in [1.29, 1.82) is 0 Å². The molecule has 1 aliphatic carbocycles. The van der Waals surface area contributed by atoms with Crippen molar-refractivity contribution in [3.63, 3.8) is 0 Å². The summed E-state index contributed by atoms with van der Waals surface area (Å²) in [7, 11) is 0. The van der Waals surface area contributed by atoms with Crippen LogP contribution in [0.2, 0.25) is 5.02 Å². The lowest BCUT2D eigenvalue weighted by Crippen LogP contribution is -2.15. The van der Waals surface area contributed by atoms with Crippen LogP contribution in [0.4, 0.5) is 0 Å². The van der Waals surface area contributed by atoms with Crippen molar-refractivity contribution >= 4 is 39.2 Å². The van der Waals surface area contributed by atoms with Gasteiger partial charge in [0, 0.05) is 34.5 Å². The van der Waals surface area contributed by atoms with E-state index in [1.54, 1.807) is 17.5 Å². The van der Waals surface area contributed by atoms with Crippen molar-refractivity contribution in [3.8, 4) is 0 Å². The van der Waals surface area contributed by atoms with Gasteiger partial charge in [0.2, 0.25) is 0 Å². The van der Waals surface area contributed by atoms with Crippen LogP contribution < -0.4 is 5.56 Å². The van der Waals surface area contributed by atoms with Crippen LogP contribution in [0, 0.1) is 6.92 Å². The summed E-state index contributed by atoms with van der Waals surface area (Å²) >= 11 is 9.38. The summed E-state index contributed by atoms with van der Waals surface area (Å²) in [6.45, 7) is 2.00. The van der Waals surface area contributed by atoms with E-state index < -0.39 is 0 Å². The van der Waals surface area contributed by atoms with E-state index in [0.717, 1.165) is 17.1 Å². The minimum Gasteiger partial charge on any atom is -0.267 e. The summed E-state index contributed by atoms with van der Waals surface area (Å²) < 4.78 is 1.50. The highest BCUT2D eigenvalue weighted by atomic mass is 35.5. The lowest BCUT2D eigenvalue weighted by atomic mass is 10.2. The summed E-state index contributed by atoms with van der Waals surface area (Å²) in [5, 5.41) is 3.17. The van der Waals surface area contributed by atoms with Gasteiger partial charge in [-0.15, -0.1) is 22.7 Å². The van der Waals surface area contributed by atoms with Crippen LogP contribution in [0.25, 0.3) is 4.96 Å². The van der Waals surface area contributed by atoms with Crippen LogP contribution in [0.3, 0.4) is 0 Å². The van der Waals surface area contributed by atoms with Crippen molar-refractivity contribution in [2.45, 2.75) is 25.2 Å². The number of halogens is 1. The molecule has 1 aliphatic rings. The smallest absolute Gasteiger partial charge is 0.267 e. The third-order valence-electron chi connectivity index (χ3n) is 3.58. The van der Waals surface area contributed by atoms with E-state index in [9.17, 15) is 4.79 Å². The molecule has 0 N–H and O–H groups in total. The van der Waals surface area contributed by atoms with Gasteiger partial charge in [-0.25, -0.2) is 9.97 Å². The number of hydrogen-bond donors (Lipinski definition) is 0. The third kappa shape index (κ3) is 1.82. The lowest BCUT2D eigenvalue weighted by molar-refractivity contribution is 0.947. The first-order chi connectivity index (χ1) is 9.65. The third-order valence-corrected chi connectivity index (χ3v) is 5.74. The van der Waals surface area contributed by atoms with Gasteiger partial charge in [0.1, 0.15) is 5.02 Å². The van der Waals surface area contributed by atoms with E-state index in [-0.39, 0.29) is 16.5 Å². The van der Waals surface area contributed by atoms with Crippen molar-refractivity contribution < 1.29 is 0 Å². The molecule has 4 nitrogen and oxygen atoms in total. The minimum atomic E-state index is -0.168. The number of nitrogens with zero attached hydrogens (tertiary/aromatic N) is 3. The Morgan fingerprint density at radius 3 is 3.05 bits per heavy atom. The standard InChI is InChI=1S/C13H10ClN3OS2/c1-6-15-5-9(20-6)7-4-8(7)11-10(14)12(18)17-2-3-19-13(17)16-11/h2-3,5,7-8H,4H2,1H3/t7-,8-/m1/s1. The highest BCUT2D eigenvalue weighted by Gasteiger charge is 2.43. The zero-order valence-corrected chi connectivity index (χ0v) is 12.9. The van der Waals surface area contributed by atoms with Gasteiger partial charge in [-0.2, -0.15) is 0 Å². The average Bonchev–Trinajstić information content (AvgIpc) is 2.86. The molecule has 0 aromatic carbocycles. The van der Waals surface area contributed by atoms with Crippen molar-refractivity contribution in [1.82, 2.24) is 14.4 Å². The van der Waals surface area contributed by atoms with E-state index >= 15 is 0 Å². The fourth-order valence-corrected chi connectivity index (χ4v) is 4.43. The molecule has 0 amide bonds. The molecule has 0 bridgehead atoms. The molecule has 20 heavy (non-hydrogen) atoms. The fraction of sp³-hybridized carbons (Fsp3) is 0.308. The molecule has 4 rings (SSSR count). The zero-order valence-electron chi connectivity index (χ0n) is 10.5. The van der Waals surface area contributed by atoms with Gasteiger partial charge in [0.25, 0.3) is 5.56 Å². The summed E-state index contributed by atoms with van der Waals surface area (Å²) in [6.07, 6.45) is 4.63. The maximum atomic E-state index is 12.2. The molecule has 0 spiro atoms. The van der Waals surface area contributed by atoms with E-state index in [0.29, 0.717) is 10.9 Å². The second-order valence-electron chi connectivity index (χ2n) is 4.90. The SMILES string of the molecule is Cc1ncc([C@@H]2C[C@H]2c2nc3sccn3c(=O)c2Cl)s1. The number of thiazole rings is 2. The highest BCUT2D eigenvalue weighted by Crippen LogP contribution is 2.56. The van der Waals surface area contributed by atoms with Gasteiger partial charge < -0.3 is 0 Å². The first-order valence-electron chi connectivity index (χ1n) is 6.22. The zero-order chi connectivity index (χ0) is 13.9. The van der Waals surface area contributed by atoms with Gasteiger partial charge in [0.05, 0.1) is 10.7 Å². The van der Waals surface area contributed by atoms with Crippen LogP contribution in [0.15, 0.2) is 22.6 Å². The van der Waals surface area contributed by atoms with Crippen molar-refractivity contribution in [2.75, 3.05) is 0 Å². The van der Waals surface area contributed by atoms with E-state index in [1.165, 1.54) is 20.6 Å². The summed E-state index contributed by atoms with van der Waals surface area (Å²) in [5.74, 6) is 0.662. The Hall–Kier alpha value is -1.24. The monoisotopic (exact) mass is 323 g/mol. The Morgan fingerprint density at radius 2 is 2.30 bits per heavy atom. The summed E-state index contributed by atoms with van der Waals surface area (Å²) in [5.41, 5.74) is 0.578. The fourth-order valence-electron chi connectivity index (χ4n) is 2.48. The Labute approximate surface area is 127 Å². The topological polar surface area (TPSA) is 47.3 Å². The molecule has 1 saturated carbocycles. The Bertz CT molecular complexity index is 866. The Morgan fingerprint density at radius 1 is 1.45 bits per heavy atom. The van der Waals surface area contributed by atoms with Gasteiger partial charge in [-0.1, -0.05) is 11.6 Å². The second-order valence-corrected chi connectivity index (χ2v) is 7.42. The maximum absolute atomic E-state index is 12.2. The first kappa shape index (κ1) is 12.5. The Balaban J connectivity index is 1.77. The molecule has 1 fully saturated rings. The predicted molar refractivity (Wildman–Crippen MR) is 81.3 cm³/mol. The molecule has 0 aliphatic heterocycles. The van der Waals surface area contributed by atoms with Crippen LogP contribution in [0.1, 0.15) is 33.8 Å². The predicted octanol–water partition coefficient (Wildman–Crippen LogP) is 3.45. The molecular formula is C13H10ClN3OS2. The molecule has 0 saturated heterocycles. The molecule has 2 atom stereocenters. The minimum absolute atomic E-state index is 0.168. The second kappa shape index (κ2) is 4.38. The normalized spacial score (nSPS) is 21.5. The molecule has 0 unspecified atom stereocenters. The molecule has 102 valence electrons. The van der Waals surface area contributed by atoms with Gasteiger partial charge in [-0.3, -0.25) is 9.20 Å². The van der Waals surface area contributed by atoms with E-state index in [1.807, 2.05) is 18.5 Å². The average molecular weight is 324 g/mol. The molecule has 0 radical (unpaired) electrons. The molecule has 3 aromatic rings. The quantitative estimate of drug-likeness (QED) is 0.725. The van der Waals surface area contributed by atoms with E-state index in [2.05, 4.69) is 9.97 Å². The van der Waals surface area contributed by atoms with Crippen LogP contribution in [-0.4, -0.2) is 14.4 Å². The number of aryl methyl sites for hydroxylation is 1. The first-order valence-corrected chi connectivity index (χ1v) is 8.30. The highest BCUT2D eigenvalue weighted by molar-refractivity contribution is 7.15. The molecule has 7 heteroatoms. The van der Waals surface area contributed by atoms with Gasteiger partial charge in [-0.05, 0) is 13.3 Å². The Kier molecular flexibility index (Phi) is 2.73. The number of aromatic nitrogens is 3. The summed E-state index contributed by atoms with van der Waals surface area (Å²) in [6, 6.07) is 0. The van der Waals surface area contributed by atoms with Gasteiger partial charge in [0.15, 0.2) is 4.96 Å². The van der Waals surface area contributed by atoms with Crippen molar-refractivity contribution in [2.24, 2.45) is 0 Å². The van der Waals surface area contributed by atoms with Crippen molar-refractivity contribution in [3.05, 3.63) is 48.7 Å².